The van der Waals surface area contributed by atoms with Crippen molar-refractivity contribution in [2.45, 2.75) is 0 Å². The van der Waals surface area contributed by atoms with Crippen LogP contribution in [0.15, 0.2) is 206 Å². The Balaban J connectivity index is 1.35. The topological polar surface area (TPSA) is 41.9 Å². The van der Waals surface area contributed by atoms with E-state index in [2.05, 4.69) is 175 Å². The summed E-state index contributed by atoms with van der Waals surface area (Å²) in [5.41, 5.74) is 10.6. The summed E-state index contributed by atoms with van der Waals surface area (Å²) in [6.07, 6.45) is 0. The van der Waals surface area contributed by atoms with Crippen LogP contribution in [0.2, 0.25) is 0 Å². The highest BCUT2D eigenvalue weighted by atomic mass is 15.1. The Morgan fingerprint density at radius 1 is 0.364 bits per heavy atom. The summed E-state index contributed by atoms with van der Waals surface area (Å²) in [7, 11) is 0. The average Bonchev–Trinajstić information content (AvgIpc) is 3.27. The number of nitrogens with zero attached hydrogens (tertiary/aromatic N) is 4. The summed E-state index contributed by atoms with van der Waals surface area (Å²) in [5.74, 6) is 0.632. The number of pyridine rings is 1. The lowest BCUT2D eigenvalue weighted by molar-refractivity contribution is 1.18. The van der Waals surface area contributed by atoms with Gasteiger partial charge in [-0.25, -0.2) is 15.0 Å². The minimum Gasteiger partial charge on any atom is -0.310 e. The zero-order valence-electron chi connectivity index (χ0n) is 29.9. The van der Waals surface area contributed by atoms with Crippen molar-refractivity contribution in [3.8, 4) is 45.2 Å². The highest BCUT2D eigenvalue weighted by Gasteiger charge is 2.24. The van der Waals surface area contributed by atoms with Crippen LogP contribution < -0.4 is 4.90 Å². The van der Waals surface area contributed by atoms with Crippen LogP contribution in [0.5, 0.6) is 0 Å². The van der Waals surface area contributed by atoms with E-state index >= 15 is 0 Å². The van der Waals surface area contributed by atoms with E-state index in [-0.39, 0.29) is 0 Å². The highest BCUT2D eigenvalue weighted by molar-refractivity contribution is 6.28. The van der Waals surface area contributed by atoms with Crippen LogP contribution in [0, 0.1) is 0 Å². The molecule has 0 aliphatic heterocycles. The van der Waals surface area contributed by atoms with Crippen molar-refractivity contribution in [2.24, 2.45) is 0 Å². The molecule has 55 heavy (non-hydrogen) atoms. The Hall–Kier alpha value is -7.43. The van der Waals surface area contributed by atoms with Crippen LogP contribution in [0.3, 0.4) is 0 Å². The van der Waals surface area contributed by atoms with Crippen molar-refractivity contribution in [1.82, 2.24) is 15.0 Å². The van der Waals surface area contributed by atoms with E-state index in [0.29, 0.717) is 5.82 Å². The lowest BCUT2D eigenvalue weighted by Gasteiger charge is -2.28. The maximum atomic E-state index is 5.69. The maximum absolute atomic E-state index is 5.69. The van der Waals surface area contributed by atoms with Gasteiger partial charge in [-0.1, -0.05) is 164 Å². The molecule has 4 heteroatoms. The van der Waals surface area contributed by atoms with Gasteiger partial charge in [0.15, 0.2) is 5.82 Å². The van der Waals surface area contributed by atoms with Gasteiger partial charge < -0.3 is 4.90 Å². The van der Waals surface area contributed by atoms with Crippen LogP contribution in [0.4, 0.5) is 17.1 Å². The molecule has 0 unspecified atom stereocenters. The third-order valence-electron chi connectivity index (χ3n) is 10.2. The van der Waals surface area contributed by atoms with Crippen molar-refractivity contribution in [3.63, 3.8) is 0 Å². The van der Waals surface area contributed by atoms with Crippen LogP contribution >= 0.6 is 0 Å². The number of anilines is 3. The minimum atomic E-state index is 0.632. The normalized spacial score (nSPS) is 11.3. The highest BCUT2D eigenvalue weighted by Crippen LogP contribution is 2.48. The van der Waals surface area contributed by atoms with E-state index in [4.69, 9.17) is 15.0 Å². The van der Waals surface area contributed by atoms with E-state index in [1.165, 1.54) is 0 Å². The van der Waals surface area contributed by atoms with Crippen molar-refractivity contribution in [3.05, 3.63) is 206 Å². The quantitative estimate of drug-likeness (QED) is 0.155. The number of hydrogen-bond acceptors (Lipinski definition) is 4. The molecule has 0 aliphatic carbocycles. The predicted molar refractivity (Wildman–Crippen MR) is 229 cm³/mol. The molecule has 0 atom stereocenters. The molecule has 10 rings (SSSR count). The zero-order chi connectivity index (χ0) is 36.6. The summed E-state index contributed by atoms with van der Waals surface area (Å²) in [6.45, 7) is 0. The molecule has 2 aromatic heterocycles. The van der Waals surface area contributed by atoms with Gasteiger partial charge in [-0.05, 0) is 53.2 Å². The second-order valence-corrected chi connectivity index (χ2v) is 13.6. The monoisotopic (exact) mass is 702 g/mol. The van der Waals surface area contributed by atoms with E-state index in [9.17, 15) is 0 Å². The number of fused-ring (bicyclic) bond motifs is 5. The Bertz CT molecular complexity index is 2850. The van der Waals surface area contributed by atoms with Gasteiger partial charge in [-0.3, -0.25) is 0 Å². The van der Waals surface area contributed by atoms with Crippen LogP contribution in [0.25, 0.3) is 77.6 Å². The predicted octanol–water partition coefficient (Wildman–Crippen LogP) is 13.5. The van der Waals surface area contributed by atoms with E-state index < -0.39 is 0 Å². The SMILES string of the molecule is c1ccc(-c2cc(-c3ccccc3)nc(-c3cccc4c3nc(-c3ccccc3)c3c(N(c5ccccc5)c5ccccc5)cc5ccccc5c34)n2)cc1. The molecule has 0 amide bonds. The standard InChI is InChI=1S/C51H34N4/c1-6-19-35(20-7-1)44-34-45(36-21-8-2-9-22-36)53-51(52-44)43-32-18-31-42-47-41-30-17-16-25-38(41)33-46(48(47)49(54-50(42)43)37-23-10-3-11-24-37)55(39-26-12-4-13-27-39)40-28-14-5-15-29-40/h1-34H. The number of hydrogen-bond donors (Lipinski definition) is 0. The van der Waals surface area contributed by atoms with Gasteiger partial charge in [0.2, 0.25) is 0 Å². The second-order valence-electron chi connectivity index (χ2n) is 13.6. The Kier molecular flexibility index (Phi) is 8.12. The first kappa shape index (κ1) is 32.2. The molecule has 10 aromatic rings. The van der Waals surface area contributed by atoms with E-state index in [0.717, 1.165) is 88.8 Å². The van der Waals surface area contributed by atoms with Gasteiger partial charge in [0.1, 0.15) is 0 Å². The lowest BCUT2D eigenvalue weighted by Crippen LogP contribution is -2.11. The van der Waals surface area contributed by atoms with Crippen LogP contribution in [-0.4, -0.2) is 15.0 Å². The summed E-state index contributed by atoms with van der Waals surface area (Å²) >= 11 is 0. The zero-order valence-corrected chi connectivity index (χ0v) is 29.9. The third kappa shape index (κ3) is 5.87. The largest absolute Gasteiger partial charge is 0.310 e. The number of benzene rings is 8. The lowest BCUT2D eigenvalue weighted by atomic mass is 9.92. The summed E-state index contributed by atoms with van der Waals surface area (Å²) in [5, 5.41) is 5.56. The molecule has 0 bridgehead atoms. The first-order valence-corrected chi connectivity index (χ1v) is 18.5. The van der Waals surface area contributed by atoms with Crippen molar-refractivity contribution < 1.29 is 0 Å². The molecule has 0 saturated heterocycles. The molecule has 258 valence electrons. The fraction of sp³-hybridized carbons (Fsp3) is 0. The van der Waals surface area contributed by atoms with Crippen molar-refractivity contribution >= 4 is 49.5 Å². The molecular weight excluding hydrogens is 669 g/mol. The smallest absolute Gasteiger partial charge is 0.162 e. The molecule has 2 heterocycles. The number of rotatable bonds is 7. The fourth-order valence-corrected chi connectivity index (χ4v) is 7.71. The fourth-order valence-electron chi connectivity index (χ4n) is 7.71. The van der Waals surface area contributed by atoms with E-state index in [1.54, 1.807) is 0 Å². The van der Waals surface area contributed by atoms with Crippen molar-refractivity contribution in [2.75, 3.05) is 4.90 Å². The van der Waals surface area contributed by atoms with Gasteiger partial charge in [0, 0.05) is 49.8 Å². The van der Waals surface area contributed by atoms with Gasteiger partial charge in [-0.2, -0.15) is 0 Å². The molecular formula is C51H34N4. The van der Waals surface area contributed by atoms with Gasteiger partial charge in [0.05, 0.1) is 28.3 Å². The molecule has 0 aliphatic rings. The summed E-state index contributed by atoms with van der Waals surface area (Å²) < 4.78 is 0. The molecule has 0 saturated carbocycles. The van der Waals surface area contributed by atoms with E-state index in [1.807, 2.05) is 36.4 Å². The molecule has 4 nitrogen and oxygen atoms in total. The molecule has 0 N–H and O–H groups in total. The third-order valence-corrected chi connectivity index (χ3v) is 10.2. The number of aromatic nitrogens is 3. The maximum Gasteiger partial charge on any atom is 0.162 e. The Labute approximate surface area is 319 Å². The second kappa shape index (κ2) is 13.8. The molecule has 0 spiro atoms. The van der Waals surface area contributed by atoms with Gasteiger partial charge >= 0.3 is 0 Å². The van der Waals surface area contributed by atoms with Crippen LogP contribution in [0.1, 0.15) is 0 Å². The van der Waals surface area contributed by atoms with Crippen molar-refractivity contribution in [1.29, 1.82) is 0 Å². The van der Waals surface area contributed by atoms with Crippen LogP contribution in [-0.2, 0) is 0 Å². The minimum absolute atomic E-state index is 0.632. The average molecular weight is 703 g/mol. The Morgan fingerprint density at radius 2 is 0.855 bits per heavy atom. The summed E-state index contributed by atoms with van der Waals surface area (Å²) in [4.78, 5) is 18.6. The summed E-state index contributed by atoms with van der Waals surface area (Å²) in [6, 6.07) is 71.9. The van der Waals surface area contributed by atoms with Gasteiger partial charge in [0.25, 0.3) is 0 Å². The molecule has 8 aromatic carbocycles. The molecule has 0 radical (unpaired) electrons. The first-order valence-electron chi connectivity index (χ1n) is 18.5. The first-order chi connectivity index (χ1) is 27.3. The van der Waals surface area contributed by atoms with Gasteiger partial charge in [-0.15, -0.1) is 0 Å². The molecule has 0 fully saturated rings. The Morgan fingerprint density at radius 3 is 1.44 bits per heavy atom. The number of para-hydroxylation sites is 3.